The number of rotatable bonds is 1. The van der Waals surface area contributed by atoms with Crippen molar-refractivity contribution in [2.45, 2.75) is 6.92 Å². The Balaban J connectivity index is 0.000000980. The summed E-state index contributed by atoms with van der Waals surface area (Å²) in [7, 11) is 0. The van der Waals surface area contributed by atoms with Crippen molar-refractivity contribution in [3.63, 3.8) is 0 Å². The van der Waals surface area contributed by atoms with E-state index in [4.69, 9.17) is 0 Å². The fourth-order valence-corrected chi connectivity index (χ4v) is 1.46. The van der Waals surface area contributed by atoms with Gasteiger partial charge in [-0.25, -0.2) is 0 Å². The largest absolute Gasteiger partial charge is 0.358 e. The van der Waals surface area contributed by atoms with Gasteiger partial charge in [-0.15, -0.1) is 5.56 Å². The third kappa shape index (κ3) is 3.55. The molecule has 0 amide bonds. The van der Waals surface area contributed by atoms with Crippen molar-refractivity contribution < 1.29 is 32.7 Å². The first-order chi connectivity index (χ1) is 6.38. The Kier molecular flexibility index (Phi) is 6.71. The summed E-state index contributed by atoms with van der Waals surface area (Å²) < 4.78 is 0. The van der Waals surface area contributed by atoms with Gasteiger partial charge >= 0.3 is 0 Å². The van der Waals surface area contributed by atoms with Crippen LogP contribution in [0.4, 0.5) is 0 Å². The summed E-state index contributed by atoms with van der Waals surface area (Å²) in [5.74, 6) is 0. The van der Waals surface area contributed by atoms with E-state index in [9.17, 15) is 0 Å². The maximum atomic E-state index is 3.02. The Morgan fingerprint density at radius 3 is 2.13 bits per heavy atom. The van der Waals surface area contributed by atoms with E-state index in [1.807, 2.05) is 12.1 Å². The zero-order chi connectivity index (χ0) is 9.10. The van der Waals surface area contributed by atoms with Crippen molar-refractivity contribution in [2.75, 3.05) is 0 Å². The van der Waals surface area contributed by atoms with Crippen LogP contribution in [-0.4, -0.2) is 0 Å². The maximum Gasteiger partial charge on any atom is 0 e. The predicted octanol–water partition coefficient (Wildman–Crippen LogP) is 3.91. The average molecular weight is 271 g/mol. The van der Waals surface area contributed by atoms with Crippen LogP contribution in [0.2, 0.25) is 0 Å². The summed E-state index contributed by atoms with van der Waals surface area (Å²) in [4.78, 5) is 0. The Bertz CT molecular complexity index is 393. The molecular weight excluding hydrogens is 257 g/mol. The molecule has 0 fully saturated rings. The van der Waals surface area contributed by atoms with Crippen LogP contribution in [0.15, 0.2) is 48.5 Å². The quantitative estimate of drug-likeness (QED) is 0.690. The molecule has 0 saturated heterocycles. The zero-order valence-electron chi connectivity index (χ0n) is 9.20. The van der Waals surface area contributed by atoms with Gasteiger partial charge in [0.15, 0.2) is 0 Å². The average Bonchev–Trinajstić information content (AvgIpc) is 2.20. The fraction of sp³-hybridized carbons (Fsp3) is 0.0714. The van der Waals surface area contributed by atoms with Crippen molar-refractivity contribution >= 4 is 0 Å². The van der Waals surface area contributed by atoms with Crippen molar-refractivity contribution in [1.82, 2.24) is 0 Å². The second-order valence-electron chi connectivity index (χ2n) is 3.10. The molecule has 2 aromatic rings. The van der Waals surface area contributed by atoms with Crippen molar-refractivity contribution in [3.8, 4) is 11.1 Å². The molecular formula is C14H14Y-2. The molecule has 0 aliphatic carbocycles. The molecule has 0 spiro atoms. The second kappa shape index (κ2) is 6.92. The molecule has 0 aliphatic heterocycles. The summed E-state index contributed by atoms with van der Waals surface area (Å²) in [5.41, 5.74) is 3.88. The van der Waals surface area contributed by atoms with Crippen LogP contribution in [0, 0.1) is 20.4 Å². The van der Waals surface area contributed by atoms with Crippen molar-refractivity contribution in [1.29, 1.82) is 0 Å². The molecule has 0 nitrogen and oxygen atoms in total. The molecule has 0 heterocycles. The maximum absolute atomic E-state index is 3.02. The van der Waals surface area contributed by atoms with E-state index in [2.05, 4.69) is 49.4 Å². The molecule has 15 heavy (non-hydrogen) atoms. The van der Waals surface area contributed by atoms with Gasteiger partial charge < -0.3 is 7.43 Å². The van der Waals surface area contributed by atoms with E-state index in [0.717, 1.165) is 0 Å². The van der Waals surface area contributed by atoms with Crippen LogP contribution in [0.5, 0.6) is 0 Å². The summed E-state index contributed by atoms with van der Waals surface area (Å²) >= 11 is 0. The van der Waals surface area contributed by atoms with Gasteiger partial charge in [0.1, 0.15) is 0 Å². The summed E-state index contributed by atoms with van der Waals surface area (Å²) in [5, 5.41) is 0. The van der Waals surface area contributed by atoms with Crippen LogP contribution >= 0.6 is 0 Å². The van der Waals surface area contributed by atoms with Gasteiger partial charge in [-0.2, -0.15) is 30.3 Å². The van der Waals surface area contributed by atoms with Crippen LogP contribution in [0.3, 0.4) is 0 Å². The molecule has 0 aromatic heterocycles. The topological polar surface area (TPSA) is 0 Å². The monoisotopic (exact) mass is 271 g/mol. The Morgan fingerprint density at radius 2 is 1.53 bits per heavy atom. The molecule has 1 heteroatoms. The smallest absolute Gasteiger partial charge is 0 e. The van der Waals surface area contributed by atoms with Crippen LogP contribution in [0.25, 0.3) is 11.1 Å². The number of aryl methyl sites for hydroxylation is 1. The molecule has 0 bridgehead atoms. The molecule has 0 atom stereocenters. The number of hydrogen-bond donors (Lipinski definition) is 0. The van der Waals surface area contributed by atoms with Crippen LogP contribution in [0.1, 0.15) is 5.56 Å². The number of hydrogen-bond acceptors (Lipinski definition) is 0. The van der Waals surface area contributed by atoms with E-state index in [-0.39, 0.29) is 40.1 Å². The Labute approximate surface area is 118 Å². The molecule has 0 saturated carbocycles. The molecule has 0 unspecified atom stereocenters. The minimum Gasteiger partial charge on any atom is -0.358 e. The van der Waals surface area contributed by atoms with Crippen molar-refractivity contribution in [2.24, 2.45) is 0 Å². The summed E-state index contributed by atoms with van der Waals surface area (Å²) in [6.45, 7) is 2.13. The van der Waals surface area contributed by atoms with E-state index in [1.54, 1.807) is 0 Å². The van der Waals surface area contributed by atoms with Crippen LogP contribution in [-0.2, 0) is 32.7 Å². The predicted molar refractivity (Wildman–Crippen MR) is 61.9 cm³/mol. The SMILES string of the molecule is Cc1ccccc1-c1cc[c-]cc1.[CH3-].[Y]. The van der Waals surface area contributed by atoms with E-state index in [1.165, 1.54) is 16.7 Å². The first kappa shape index (κ1) is 14.5. The molecule has 0 aliphatic rings. The Morgan fingerprint density at radius 1 is 0.933 bits per heavy atom. The van der Waals surface area contributed by atoms with Crippen molar-refractivity contribution in [3.05, 3.63) is 67.6 Å². The van der Waals surface area contributed by atoms with E-state index in [0.29, 0.717) is 0 Å². The molecule has 2 aromatic carbocycles. The Hall–Kier alpha value is -0.456. The van der Waals surface area contributed by atoms with Gasteiger partial charge in [-0.3, -0.25) is 0 Å². The zero-order valence-corrected chi connectivity index (χ0v) is 12.0. The molecule has 2 rings (SSSR count). The summed E-state index contributed by atoms with van der Waals surface area (Å²) in [6, 6.07) is 19.5. The second-order valence-corrected chi connectivity index (χ2v) is 3.10. The van der Waals surface area contributed by atoms with Crippen LogP contribution < -0.4 is 0 Å². The first-order valence-electron chi connectivity index (χ1n) is 4.40. The molecule has 0 N–H and O–H groups in total. The number of benzene rings is 2. The fourth-order valence-electron chi connectivity index (χ4n) is 1.46. The third-order valence-electron chi connectivity index (χ3n) is 2.17. The minimum atomic E-state index is 0. The van der Waals surface area contributed by atoms with Gasteiger partial charge in [0, 0.05) is 32.7 Å². The normalized spacial score (nSPS) is 8.60. The van der Waals surface area contributed by atoms with Gasteiger partial charge in [0.25, 0.3) is 0 Å². The standard InChI is InChI=1S/C13H11.CH3.Y/c1-11-7-5-6-10-13(11)12-8-3-2-4-9-12;;/h3-10H,1H3;1H3;/q2*-1;. The molecule has 1 radical (unpaired) electrons. The first-order valence-corrected chi connectivity index (χ1v) is 4.40. The molecule has 75 valence electrons. The van der Waals surface area contributed by atoms with E-state index >= 15 is 0 Å². The van der Waals surface area contributed by atoms with Gasteiger partial charge in [0.2, 0.25) is 0 Å². The van der Waals surface area contributed by atoms with E-state index < -0.39 is 0 Å². The van der Waals surface area contributed by atoms with Gasteiger partial charge in [-0.05, 0) is 18.1 Å². The minimum absolute atomic E-state index is 0. The third-order valence-corrected chi connectivity index (χ3v) is 2.17. The van der Waals surface area contributed by atoms with Gasteiger partial charge in [-0.1, -0.05) is 24.3 Å². The van der Waals surface area contributed by atoms with Gasteiger partial charge in [0.05, 0.1) is 0 Å². The summed E-state index contributed by atoms with van der Waals surface area (Å²) in [6.07, 6.45) is 0.